The summed E-state index contributed by atoms with van der Waals surface area (Å²) in [7, 11) is 0. The van der Waals surface area contributed by atoms with E-state index in [4.69, 9.17) is 4.74 Å². The third-order valence-electron chi connectivity index (χ3n) is 6.79. The molecular weight excluding hydrogens is 364 g/mol. The van der Waals surface area contributed by atoms with Gasteiger partial charge >= 0.3 is 0 Å². The molecule has 2 aromatic rings. The number of rotatable bonds is 3. The smallest absolute Gasteiger partial charge is 0.142 e. The lowest BCUT2D eigenvalue weighted by Crippen LogP contribution is -2.60. The van der Waals surface area contributed by atoms with E-state index in [2.05, 4.69) is 39.3 Å². The normalized spacial score (nSPS) is 27.5. The zero-order valence-electron chi connectivity index (χ0n) is 17.2. The minimum absolute atomic E-state index is 0.185. The van der Waals surface area contributed by atoms with Crippen molar-refractivity contribution in [2.75, 3.05) is 50.7 Å². The Morgan fingerprint density at radius 1 is 1.24 bits per heavy atom. The number of ether oxygens (including phenoxy) is 1. The Kier molecular flexibility index (Phi) is 4.94. The molecule has 7 nitrogen and oxygen atoms in total. The largest absolute Gasteiger partial charge is 0.370 e. The summed E-state index contributed by atoms with van der Waals surface area (Å²) in [5.74, 6) is 0. The first kappa shape index (κ1) is 18.9. The number of nitriles is 1. The maximum absolute atomic E-state index is 9.34. The molecular formula is C22H30N6O. The summed E-state index contributed by atoms with van der Waals surface area (Å²) in [5.41, 5.74) is 3.23. The number of nitrogens with one attached hydrogen (secondary N) is 1. The van der Waals surface area contributed by atoms with Crippen LogP contribution in [-0.4, -0.2) is 72.5 Å². The second-order valence-corrected chi connectivity index (χ2v) is 9.09. The van der Waals surface area contributed by atoms with Gasteiger partial charge in [-0.2, -0.15) is 10.4 Å². The highest BCUT2D eigenvalue weighted by molar-refractivity contribution is 5.74. The van der Waals surface area contributed by atoms with E-state index < -0.39 is 0 Å². The van der Waals surface area contributed by atoms with Gasteiger partial charge in [0.1, 0.15) is 11.8 Å². The molecule has 0 aromatic carbocycles. The van der Waals surface area contributed by atoms with E-state index in [9.17, 15) is 5.26 Å². The van der Waals surface area contributed by atoms with E-state index in [0.29, 0.717) is 11.1 Å². The summed E-state index contributed by atoms with van der Waals surface area (Å²) in [6.07, 6.45) is 6.13. The highest BCUT2D eigenvalue weighted by Crippen LogP contribution is 2.39. The van der Waals surface area contributed by atoms with Crippen LogP contribution in [0.15, 0.2) is 24.4 Å². The SMILES string of the molecule is C[C@@H]1CN(c2ccc(C#N)n3nccc23)C[C@H](CN2CC3(CCCNCC3)C2)O1. The van der Waals surface area contributed by atoms with Gasteiger partial charge in [-0.05, 0) is 62.9 Å². The van der Waals surface area contributed by atoms with Crippen LogP contribution in [0.5, 0.6) is 0 Å². The molecule has 0 aliphatic carbocycles. The molecule has 0 saturated carbocycles. The first-order valence-corrected chi connectivity index (χ1v) is 10.9. The fourth-order valence-corrected chi connectivity index (χ4v) is 5.53. The molecule has 0 bridgehead atoms. The molecule has 1 N–H and O–H groups in total. The molecule has 2 atom stereocenters. The lowest BCUT2D eigenvalue weighted by Gasteiger charge is -2.52. The number of likely N-dealkylation sites (tertiary alicyclic amines) is 1. The van der Waals surface area contributed by atoms with Gasteiger partial charge in [0.25, 0.3) is 0 Å². The molecule has 3 aliphatic heterocycles. The van der Waals surface area contributed by atoms with Gasteiger partial charge in [-0.25, -0.2) is 4.52 Å². The molecule has 5 rings (SSSR count). The van der Waals surface area contributed by atoms with Gasteiger partial charge in [-0.1, -0.05) is 0 Å². The highest BCUT2D eigenvalue weighted by atomic mass is 16.5. The van der Waals surface area contributed by atoms with Gasteiger partial charge in [0.15, 0.2) is 0 Å². The van der Waals surface area contributed by atoms with Crippen LogP contribution in [-0.2, 0) is 4.74 Å². The van der Waals surface area contributed by atoms with Crippen molar-refractivity contribution in [3.8, 4) is 6.07 Å². The molecule has 0 radical (unpaired) electrons. The molecule has 7 heteroatoms. The fourth-order valence-electron chi connectivity index (χ4n) is 5.53. The van der Waals surface area contributed by atoms with Crippen LogP contribution in [0.25, 0.3) is 5.52 Å². The first-order valence-electron chi connectivity index (χ1n) is 10.9. The summed E-state index contributed by atoms with van der Waals surface area (Å²) < 4.78 is 8.05. The van der Waals surface area contributed by atoms with Crippen LogP contribution in [0.4, 0.5) is 5.69 Å². The van der Waals surface area contributed by atoms with Crippen LogP contribution < -0.4 is 10.2 Å². The van der Waals surface area contributed by atoms with Crippen molar-refractivity contribution < 1.29 is 4.74 Å². The van der Waals surface area contributed by atoms with Gasteiger partial charge < -0.3 is 15.0 Å². The summed E-state index contributed by atoms with van der Waals surface area (Å²) >= 11 is 0. The van der Waals surface area contributed by atoms with E-state index in [1.54, 1.807) is 10.7 Å². The van der Waals surface area contributed by atoms with Gasteiger partial charge in [-0.15, -0.1) is 0 Å². The van der Waals surface area contributed by atoms with Crippen molar-refractivity contribution in [3.63, 3.8) is 0 Å². The van der Waals surface area contributed by atoms with Crippen LogP contribution in [0.3, 0.4) is 0 Å². The second-order valence-electron chi connectivity index (χ2n) is 9.09. The number of hydrogen-bond donors (Lipinski definition) is 1. The van der Waals surface area contributed by atoms with E-state index in [1.165, 1.54) is 45.4 Å². The van der Waals surface area contributed by atoms with Gasteiger partial charge in [-0.3, -0.25) is 4.90 Å². The minimum Gasteiger partial charge on any atom is -0.370 e. The van der Waals surface area contributed by atoms with E-state index in [-0.39, 0.29) is 12.2 Å². The van der Waals surface area contributed by atoms with Crippen molar-refractivity contribution in [1.29, 1.82) is 5.26 Å². The molecule has 154 valence electrons. The Labute approximate surface area is 172 Å². The van der Waals surface area contributed by atoms with Crippen molar-refractivity contribution in [3.05, 3.63) is 30.1 Å². The molecule has 2 aromatic heterocycles. The molecule has 0 amide bonds. The molecule has 3 saturated heterocycles. The number of anilines is 1. The highest BCUT2D eigenvalue weighted by Gasteiger charge is 2.43. The molecule has 3 fully saturated rings. The summed E-state index contributed by atoms with van der Waals surface area (Å²) in [6.45, 7) is 9.67. The number of hydrogen-bond acceptors (Lipinski definition) is 6. The Hall–Kier alpha value is -2.14. The standard InChI is InChI=1S/C22H30N6O/c1-17-12-27(20-4-3-18(11-23)28-21(20)5-9-25-28)14-19(29-17)13-26-15-22(16-26)6-2-8-24-10-7-22/h3-5,9,17,19,24H,2,6-8,10,12-16H2,1H3/t17-,19+/m1/s1. The number of aromatic nitrogens is 2. The monoisotopic (exact) mass is 394 g/mol. The average molecular weight is 395 g/mol. The summed E-state index contributed by atoms with van der Waals surface area (Å²) in [4.78, 5) is 4.99. The zero-order chi connectivity index (χ0) is 19.8. The third-order valence-corrected chi connectivity index (χ3v) is 6.79. The molecule has 5 heterocycles. The number of morpholine rings is 1. The minimum atomic E-state index is 0.185. The van der Waals surface area contributed by atoms with E-state index >= 15 is 0 Å². The number of nitrogens with zero attached hydrogens (tertiary/aromatic N) is 5. The van der Waals surface area contributed by atoms with Gasteiger partial charge in [0.2, 0.25) is 0 Å². The number of fused-ring (bicyclic) bond motifs is 1. The van der Waals surface area contributed by atoms with Gasteiger partial charge in [0, 0.05) is 32.7 Å². The quantitative estimate of drug-likeness (QED) is 0.857. The predicted octanol–water partition coefficient (Wildman–Crippen LogP) is 1.88. The van der Waals surface area contributed by atoms with Crippen LogP contribution in [0.1, 0.15) is 31.9 Å². The average Bonchev–Trinajstić information content (AvgIpc) is 3.05. The molecule has 1 spiro atoms. The zero-order valence-corrected chi connectivity index (χ0v) is 17.2. The second kappa shape index (κ2) is 7.60. The van der Waals surface area contributed by atoms with Gasteiger partial charge in [0.05, 0.1) is 29.6 Å². The maximum atomic E-state index is 9.34. The van der Waals surface area contributed by atoms with E-state index in [0.717, 1.165) is 30.8 Å². The van der Waals surface area contributed by atoms with Crippen LogP contribution in [0, 0.1) is 16.7 Å². The predicted molar refractivity (Wildman–Crippen MR) is 112 cm³/mol. The lowest BCUT2D eigenvalue weighted by molar-refractivity contribution is -0.0764. The summed E-state index contributed by atoms with van der Waals surface area (Å²) in [6, 6.07) is 8.14. The number of pyridine rings is 1. The van der Waals surface area contributed by atoms with Crippen LogP contribution >= 0.6 is 0 Å². The van der Waals surface area contributed by atoms with E-state index in [1.807, 2.05) is 12.1 Å². The Bertz CT molecular complexity index is 902. The first-order chi connectivity index (χ1) is 14.2. The Balaban J connectivity index is 1.27. The molecule has 29 heavy (non-hydrogen) atoms. The Morgan fingerprint density at radius 2 is 2.14 bits per heavy atom. The maximum Gasteiger partial charge on any atom is 0.142 e. The van der Waals surface area contributed by atoms with Crippen molar-refractivity contribution in [2.45, 2.75) is 38.4 Å². The molecule has 3 aliphatic rings. The topological polar surface area (TPSA) is 68.8 Å². The lowest BCUT2D eigenvalue weighted by atomic mass is 9.73. The Morgan fingerprint density at radius 3 is 3.00 bits per heavy atom. The fraction of sp³-hybridized carbons (Fsp3) is 0.636. The van der Waals surface area contributed by atoms with Crippen LogP contribution in [0.2, 0.25) is 0 Å². The van der Waals surface area contributed by atoms with Crippen molar-refractivity contribution >= 4 is 11.2 Å². The molecule has 0 unspecified atom stereocenters. The van der Waals surface area contributed by atoms with Crippen molar-refractivity contribution in [2.24, 2.45) is 5.41 Å². The van der Waals surface area contributed by atoms with Crippen molar-refractivity contribution in [1.82, 2.24) is 19.8 Å². The third kappa shape index (κ3) is 3.61. The summed E-state index contributed by atoms with van der Waals surface area (Å²) in [5, 5.41) is 17.2.